The predicted molar refractivity (Wildman–Crippen MR) is 76.9 cm³/mol. The molecule has 6 heteroatoms. The fraction of sp³-hybridized carbons (Fsp3) is 0.0714. The van der Waals surface area contributed by atoms with E-state index in [-0.39, 0.29) is 4.90 Å². The summed E-state index contributed by atoms with van der Waals surface area (Å²) in [4.78, 5) is 11.9. The Bertz CT molecular complexity index is 722. The third-order valence-electron chi connectivity index (χ3n) is 2.66. The third kappa shape index (κ3) is 3.52. The molecule has 0 aliphatic rings. The van der Waals surface area contributed by atoms with E-state index in [1.165, 1.54) is 0 Å². The number of carbonyl (C=O) groups is 1. The average molecular weight is 357 g/mol. The largest absolute Gasteiger partial charge is 0.293 e. The zero-order valence-electron chi connectivity index (χ0n) is 10.2. The minimum atomic E-state index is -3.76. The van der Waals surface area contributed by atoms with E-state index in [9.17, 15) is 17.6 Å². The SMILES string of the molecule is O=C(CS(=O)(=O)c1ccc(F)cc1)c1ccc(Br)cc1. The van der Waals surface area contributed by atoms with Gasteiger partial charge in [-0.1, -0.05) is 28.1 Å². The molecular weight excluding hydrogens is 347 g/mol. The van der Waals surface area contributed by atoms with Crippen LogP contribution in [0.4, 0.5) is 4.39 Å². The molecule has 20 heavy (non-hydrogen) atoms. The van der Waals surface area contributed by atoms with E-state index in [0.29, 0.717) is 5.56 Å². The second-order valence-corrected chi connectivity index (χ2v) is 7.05. The molecule has 0 aromatic heterocycles. The van der Waals surface area contributed by atoms with Gasteiger partial charge in [-0.3, -0.25) is 4.79 Å². The van der Waals surface area contributed by atoms with Crippen molar-refractivity contribution in [2.45, 2.75) is 4.90 Å². The van der Waals surface area contributed by atoms with Crippen LogP contribution >= 0.6 is 15.9 Å². The number of Topliss-reactive ketones (excluding diaryl/α,β-unsaturated/α-hetero) is 1. The van der Waals surface area contributed by atoms with Crippen LogP contribution in [0.5, 0.6) is 0 Å². The van der Waals surface area contributed by atoms with Gasteiger partial charge in [0.25, 0.3) is 0 Å². The topological polar surface area (TPSA) is 51.2 Å². The van der Waals surface area contributed by atoms with Gasteiger partial charge in [0.05, 0.1) is 4.90 Å². The van der Waals surface area contributed by atoms with Crippen molar-refractivity contribution < 1.29 is 17.6 Å². The standard InChI is InChI=1S/C14H10BrFO3S/c15-11-3-1-10(2-4-11)14(17)9-20(18,19)13-7-5-12(16)6-8-13/h1-8H,9H2. The number of sulfone groups is 1. The molecule has 0 radical (unpaired) electrons. The van der Waals surface area contributed by atoms with Crippen LogP contribution in [0.3, 0.4) is 0 Å². The maximum atomic E-state index is 12.8. The van der Waals surface area contributed by atoms with E-state index < -0.39 is 27.2 Å². The van der Waals surface area contributed by atoms with Crippen LogP contribution in [0.2, 0.25) is 0 Å². The molecule has 104 valence electrons. The van der Waals surface area contributed by atoms with Crippen molar-refractivity contribution in [1.82, 2.24) is 0 Å². The van der Waals surface area contributed by atoms with E-state index in [0.717, 1.165) is 28.7 Å². The summed E-state index contributed by atoms with van der Waals surface area (Å²) in [6.07, 6.45) is 0. The molecule has 0 spiro atoms. The van der Waals surface area contributed by atoms with Gasteiger partial charge in [0.15, 0.2) is 15.6 Å². The molecule has 0 unspecified atom stereocenters. The predicted octanol–water partition coefficient (Wildman–Crippen LogP) is 3.24. The highest BCUT2D eigenvalue weighted by molar-refractivity contribution is 9.10. The third-order valence-corrected chi connectivity index (χ3v) is 4.82. The number of halogens is 2. The first kappa shape index (κ1) is 14.9. The minimum Gasteiger partial charge on any atom is -0.293 e. The van der Waals surface area contributed by atoms with Crippen LogP contribution in [0.15, 0.2) is 57.9 Å². The highest BCUT2D eigenvalue weighted by Gasteiger charge is 2.20. The average Bonchev–Trinajstić information content (AvgIpc) is 2.39. The van der Waals surface area contributed by atoms with E-state index in [4.69, 9.17) is 0 Å². The molecule has 2 rings (SSSR count). The summed E-state index contributed by atoms with van der Waals surface area (Å²) in [5.74, 6) is -1.66. The van der Waals surface area contributed by atoms with E-state index in [2.05, 4.69) is 15.9 Å². The van der Waals surface area contributed by atoms with Gasteiger partial charge in [-0.25, -0.2) is 12.8 Å². The maximum absolute atomic E-state index is 12.8. The van der Waals surface area contributed by atoms with Crippen LogP contribution in [-0.4, -0.2) is 20.0 Å². The van der Waals surface area contributed by atoms with Crippen LogP contribution < -0.4 is 0 Å². The quantitative estimate of drug-likeness (QED) is 0.624. The molecule has 0 fully saturated rings. The Morgan fingerprint density at radius 3 is 2.10 bits per heavy atom. The number of hydrogen-bond donors (Lipinski definition) is 0. The van der Waals surface area contributed by atoms with Crippen molar-refractivity contribution in [3.05, 3.63) is 64.4 Å². The molecular formula is C14H10BrFO3S. The molecule has 0 saturated heterocycles. The smallest absolute Gasteiger partial charge is 0.185 e. The molecule has 0 atom stereocenters. The Labute approximate surface area is 124 Å². The van der Waals surface area contributed by atoms with E-state index in [1.807, 2.05) is 0 Å². The van der Waals surface area contributed by atoms with Gasteiger partial charge in [-0.2, -0.15) is 0 Å². The summed E-state index contributed by atoms with van der Waals surface area (Å²) in [5.41, 5.74) is 0.318. The molecule has 0 aliphatic carbocycles. The number of benzene rings is 2. The fourth-order valence-electron chi connectivity index (χ4n) is 1.62. The minimum absolute atomic E-state index is 0.0654. The highest BCUT2D eigenvalue weighted by atomic mass is 79.9. The summed E-state index contributed by atoms with van der Waals surface area (Å²) in [6.45, 7) is 0. The second-order valence-electron chi connectivity index (χ2n) is 4.14. The lowest BCUT2D eigenvalue weighted by molar-refractivity contribution is 0.102. The Morgan fingerprint density at radius 2 is 1.55 bits per heavy atom. The summed E-state index contributed by atoms with van der Waals surface area (Å²) in [6, 6.07) is 10.8. The summed E-state index contributed by atoms with van der Waals surface area (Å²) < 4.78 is 37.7. The Hall–Kier alpha value is -1.53. The van der Waals surface area contributed by atoms with Crippen molar-refractivity contribution in [1.29, 1.82) is 0 Å². The monoisotopic (exact) mass is 356 g/mol. The molecule has 2 aromatic carbocycles. The van der Waals surface area contributed by atoms with Crippen LogP contribution in [0, 0.1) is 5.82 Å². The Kier molecular flexibility index (Phi) is 4.35. The van der Waals surface area contributed by atoms with Crippen molar-refractivity contribution >= 4 is 31.6 Å². The maximum Gasteiger partial charge on any atom is 0.185 e. The number of rotatable bonds is 4. The molecule has 2 aromatic rings. The first-order valence-electron chi connectivity index (χ1n) is 5.65. The van der Waals surface area contributed by atoms with Crippen LogP contribution in [0.1, 0.15) is 10.4 Å². The van der Waals surface area contributed by atoms with E-state index >= 15 is 0 Å². The second kappa shape index (κ2) is 5.85. The molecule has 3 nitrogen and oxygen atoms in total. The van der Waals surface area contributed by atoms with Gasteiger partial charge in [-0.05, 0) is 36.4 Å². The lowest BCUT2D eigenvalue weighted by Crippen LogP contribution is -2.16. The lowest BCUT2D eigenvalue weighted by atomic mass is 10.2. The molecule has 0 N–H and O–H groups in total. The lowest BCUT2D eigenvalue weighted by Gasteiger charge is -2.04. The zero-order valence-corrected chi connectivity index (χ0v) is 12.6. The van der Waals surface area contributed by atoms with Gasteiger partial charge in [-0.15, -0.1) is 0 Å². The number of carbonyl (C=O) groups excluding carboxylic acids is 1. The van der Waals surface area contributed by atoms with Gasteiger partial charge in [0.1, 0.15) is 11.6 Å². The molecule has 0 saturated carbocycles. The normalized spacial score (nSPS) is 11.3. The Morgan fingerprint density at radius 1 is 1.00 bits per heavy atom. The summed E-state index contributed by atoms with van der Waals surface area (Å²) >= 11 is 3.23. The molecule has 0 aliphatic heterocycles. The fourth-order valence-corrected chi connectivity index (χ4v) is 3.11. The van der Waals surface area contributed by atoms with Crippen molar-refractivity contribution in [3.8, 4) is 0 Å². The van der Waals surface area contributed by atoms with Gasteiger partial charge in [0.2, 0.25) is 0 Å². The summed E-state index contributed by atoms with van der Waals surface area (Å²) in [7, 11) is -3.76. The first-order valence-corrected chi connectivity index (χ1v) is 8.10. The van der Waals surface area contributed by atoms with E-state index in [1.54, 1.807) is 24.3 Å². The highest BCUT2D eigenvalue weighted by Crippen LogP contribution is 2.15. The Balaban J connectivity index is 2.22. The van der Waals surface area contributed by atoms with Gasteiger partial charge >= 0.3 is 0 Å². The zero-order chi connectivity index (χ0) is 14.8. The number of ketones is 1. The van der Waals surface area contributed by atoms with Gasteiger partial charge in [0, 0.05) is 10.0 Å². The molecule has 0 bridgehead atoms. The van der Waals surface area contributed by atoms with Crippen LogP contribution in [-0.2, 0) is 9.84 Å². The van der Waals surface area contributed by atoms with Crippen molar-refractivity contribution in [3.63, 3.8) is 0 Å². The molecule has 0 heterocycles. The van der Waals surface area contributed by atoms with Gasteiger partial charge < -0.3 is 0 Å². The molecule has 0 amide bonds. The summed E-state index contributed by atoms with van der Waals surface area (Å²) in [5, 5.41) is 0. The number of hydrogen-bond acceptors (Lipinski definition) is 3. The van der Waals surface area contributed by atoms with Crippen LogP contribution in [0.25, 0.3) is 0 Å². The van der Waals surface area contributed by atoms with Crippen molar-refractivity contribution in [2.24, 2.45) is 0 Å². The van der Waals surface area contributed by atoms with Crippen molar-refractivity contribution in [2.75, 3.05) is 5.75 Å². The first-order chi connectivity index (χ1) is 9.38.